The van der Waals surface area contributed by atoms with Gasteiger partial charge in [-0.3, -0.25) is 4.79 Å². The molecule has 0 aromatic heterocycles. The lowest BCUT2D eigenvalue weighted by molar-refractivity contribution is -0.116. The molecule has 0 aliphatic rings. The smallest absolute Gasteiger partial charge is 0.226 e. The number of halogens is 3. The number of amides is 1. The summed E-state index contributed by atoms with van der Waals surface area (Å²) in [6, 6.07) is 1.55. The fourth-order valence-electron chi connectivity index (χ4n) is 1.56. The molecule has 0 radical (unpaired) electrons. The molecule has 0 aliphatic carbocycles. The van der Waals surface area contributed by atoms with Crippen LogP contribution in [0.2, 0.25) is 0 Å². The van der Waals surface area contributed by atoms with Gasteiger partial charge in [-0.05, 0) is 28.4 Å². The highest BCUT2D eigenvalue weighted by Crippen LogP contribution is 2.27. The number of nitrogens with two attached hydrogens (primary N) is 1. The fourth-order valence-corrected chi connectivity index (χ4v) is 2.07. The summed E-state index contributed by atoms with van der Waals surface area (Å²) in [4.78, 5) is 11.6. The third kappa shape index (κ3) is 4.34. The van der Waals surface area contributed by atoms with Gasteiger partial charge in [-0.15, -0.1) is 0 Å². The Hall–Kier alpha value is -1.01. The van der Waals surface area contributed by atoms with Crippen LogP contribution in [0, 0.1) is 11.6 Å². The maximum absolute atomic E-state index is 13.4. The second-order valence-corrected chi connectivity index (χ2v) is 4.90. The zero-order chi connectivity index (χ0) is 13.7. The van der Waals surface area contributed by atoms with Crippen molar-refractivity contribution in [3.8, 4) is 0 Å². The molecule has 0 saturated carbocycles. The lowest BCUT2D eigenvalue weighted by atomic mass is 10.1. The second kappa shape index (κ2) is 6.80. The van der Waals surface area contributed by atoms with E-state index in [9.17, 15) is 13.6 Å². The van der Waals surface area contributed by atoms with E-state index in [2.05, 4.69) is 21.2 Å². The van der Waals surface area contributed by atoms with Crippen LogP contribution in [-0.2, 0) is 4.79 Å². The molecule has 1 aromatic rings. The average molecular weight is 321 g/mol. The van der Waals surface area contributed by atoms with Crippen LogP contribution in [0.25, 0.3) is 0 Å². The summed E-state index contributed by atoms with van der Waals surface area (Å²) in [6.45, 7) is 1.97. The highest BCUT2D eigenvalue weighted by atomic mass is 79.9. The van der Waals surface area contributed by atoms with Crippen molar-refractivity contribution in [2.75, 3.05) is 5.32 Å². The van der Waals surface area contributed by atoms with Crippen LogP contribution in [0.4, 0.5) is 14.5 Å². The normalized spacial score (nSPS) is 12.3. The van der Waals surface area contributed by atoms with Gasteiger partial charge in [0.2, 0.25) is 5.91 Å². The minimum atomic E-state index is -0.820. The molecule has 0 aliphatic heterocycles. The summed E-state index contributed by atoms with van der Waals surface area (Å²) in [7, 11) is 0. The number of hydrogen-bond acceptors (Lipinski definition) is 2. The van der Waals surface area contributed by atoms with Gasteiger partial charge >= 0.3 is 0 Å². The molecular formula is C12H15BrF2N2O. The fraction of sp³-hybridized carbons (Fsp3) is 0.417. The first-order valence-corrected chi connectivity index (χ1v) is 6.43. The van der Waals surface area contributed by atoms with Gasteiger partial charge in [0.15, 0.2) is 5.82 Å². The molecule has 0 bridgehead atoms. The summed E-state index contributed by atoms with van der Waals surface area (Å²) in [5.41, 5.74) is 5.65. The molecule has 0 heterocycles. The molecule has 1 atom stereocenters. The van der Waals surface area contributed by atoms with Crippen molar-refractivity contribution < 1.29 is 13.6 Å². The maximum Gasteiger partial charge on any atom is 0.226 e. The number of hydrogen-bond donors (Lipinski definition) is 2. The Balaban J connectivity index is 2.70. The van der Waals surface area contributed by atoms with E-state index in [-0.39, 0.29) is 28.5 Å². The van der Waals surface area contributed by atoms with Gasteiger partial charge in [0.05, 0.1) is 5.69 Å². The van der Waals surface area contributed by atoms with Crippen LogP contribution < -0.4 is 11.1 Å². The van der Waals surface area contributed by atoms with E-state index in [0.717, 1.165) is 18.9 Å². The number of anilines is 1. The standard InChI is InChI=1S/C12H15BrF2N2O/c1-2-3-8(16)6-11(18)17-12-9(13)4-7(14)5-10(12)15/h4-5,8H,2-3,6,16H2,1H3,(H,17,18). The van der Waals surface area contributed by atoms with Gasteiger partial charge < -0.3 is 11.1 Å². The van der Waals surface area contributed by atoms with Crippen molar-refractivity contribution in [3.63, 3.8) is 0 Å². The summed E-state index contributed by atoms with van der Waals surface area (Å²) < 4.78 is 26.5. The Morgan fingerprint density at radius 2 is 2.17 bits per heavy atom. The molecule has 3 nitrogen and oxygen atoms in total. The van der Waals surface area contributed by atoms with Gasteiger partial charge in [-0.2, -0.15) is 0 Å². The monoisotopic (exact) mass is 320 g/mol. The van der Waals surface area contributed by atoms with Gasteiger partial charge in [-0.25, -0.2) is 8.78 Å². The molecule has 1 rings (SSSR count). The van der Waals surface area contributed by atoms with Crippen LogP contribution in [-0.4, -0.2) is 11.9 Å². The maximum atomic E-state index is 13.4. The van der Waals surface area contributed by atoms with E-state index in [1.165, 1.54) is 0 Å². The van der Waals surface area contributed by atoms with E-state index in [1.54, 1.807) is 0 Å². The van der Waals surface area contributed by atoms with Crippen LogP contribution in [0.3, 0.4) is 0 Å². The van der Waals surface area contributed by atoms with E-state index >= 15 is 0 Å². The first-order valence-electron chi connectivity index (χ1n) is 5.64. The zero-order valence-electron chi connectivity index (χ0n) is 9.97. The Morgan fingerprint density at radius 1 is 1.50 bits per heavy atom. The minimum Gasteiger partial charge on any atom is -0.327 e. The number of benzene rings is 1. The molecule has 3 N–H and O–H groups in total. The number of nitrogens with one attached hydrogen (secondary N) is 1. The van der Waals surface area contributed by atoms with E-state index < -0.39 is 11.6 Å². The molecule has 1 unspecified atom stereocenters. The molecular weight excluding hydrogens is 306 g/mol. The summed E-state index contributed by atoms with van der Waals surface area (Å²) in [6.07, 6.45) is 1.71. The van der Waals surface area contributed by atoms with Gasteiger partial charge in [0, 0.05) is 23.0 Å². The molecule has 100 valence electrons. The summed E-state index contributed by atoms with van der Waals surface area (Å²) in [5.74, 6) is -1.92. The molecule has 0 fully saturated rings. The number of carbonyl (C=O) groups is 1. The molecule has 0 saturated heterocycles. The Kier molecular flexibility index (Phi) is 5.68. The lowest BCUT2D eigenvalue weighted by Gasteiger charge is -2.12. The summed E-state index contributed by atoms with van der Waals surface area (Å²) in [5, 5.41) is 2.39. The van der Waals surface area contributed by atoms with Crippen molar-refractivity contribution in [3.05, 3.63) is 28.2 Å². The third-order valence-corrected chi connectivity index (χ3v) is 3.00. The molecule has 0 spiro atoms. The largest absolute Gasteiger partial charge is 0.327 e. The van der Waals surface area contributed by atoms with Crippen molar-refractivity contribution >= 4 is 27.5 Å². The SMILES string of the molecule is CCCC(N)CC(=O)Nc1c(F)cc(F)cc1Br. The minimum absolute atomic E-state index is 0.0647. The first-order chi connectivity index (χ1) is 8.43. The van der Waals surface area contributed by atoms with Crippen molar-refractivity contribution in [2.24, 2.45) is 5.73 Å². The van der Waals surface area contributed by atoms with Crippen molar-refractivity contribution in [1.82, 2.24) is 0 Å². The molecule has 6 heteroatoms. The van der Waals surface area contributed by atoms with E-state index in [1.807, 2.05) is 6.92 Å². The lowest BCUT2D eigenvalue weighted by Crippen LogP contribution is -2.27. The van der Waals surface area contributed by atoms with Crippen LogP contribution in [0.5, 0.6) is 0 Å². The number of rotatable bonds is 5. The third-order valence-electron chi connectivity index (χ3n) is 2.38. The quantitative estimate of drug-likeness (QED) is 0.875. The van der Waals surface area contributed by atoms with Gasteiger partial charge in [-0.1, -0.05) is 13.3 Å². The highest BCUT2D eigenvalue weighted by Gasteiger charge is 2.14. The Morgan fingerprint density at radius 3 is 2.72 bits per heavy atom. The van der Waals surface area contributed by atoms with Gasteiger partial charge in [0.25, 0.3) is 0 Å². The zero-order valence-corrected chi connectivity index (χ0v) is 11.6. The van der Waals surface area contributed by atoms with Crippen LogP contribution in [0.15, 0.2) is 16.6 Å². The Bertz CT molecular complexity index is 417. The topological polar surface area (TPSA) is 55.1 Å². The predicted molar refractivity (Wildman–Crippen MR) is 70.2 cm³/mol. The number of carbonyl (C=O) groups excluding carboxylic acids is 1. The van der Waals surface area contributed by atoms with Crippen molar-refractivity contribution in [1.29, 1.82) is 0 Å². The van der Waals surface area contributed by atoms with Crippen LogP contribution in [0.1, 0.15) is 26.2 Å². The van der Waals surface area contributed by atoms with Crippen LogP contribution >= 0.6 is 15.9 Å². The molecule has 1 aromatic carbocycles. The Labute approximate surface area is 113 Å². The highest BCUT2D eigenvalue weighted by molar-refractivity contribution is 9.10. The average Bonchev–Trinajstić information content (AvgIpc) is 2.23. The first kappa shape index (κ1) is 15.0. The molecule has 18 heavy (non-hydrogen) atoms. The van der Waals surface area contributed by atoms with E-state index in [0.29, 0.717) is 6.07 Å². The van der Waals surface area contributed by atoms with Gasteiger partial charge in [0.1, 0.15) is 5.82 Å². The summed E-state index contributed by atoms with van der Waals surface area (Å²) >= 11 is 3.00. The van der Waals surface area contributed by atoms with E-state index in [4.69, 9.17) is 5.73 Å². The van der Waals surface area contributed by atoms with Crippen molar-refractivity contribution in [2.45, 2.75) is 32.2 Å². The second-order valence-electron chi connectivity index (χ2n) is 4.05. The predicted octanol–water partition coefficient (Wildman–Crippen LogP) is 3.18. The molecule has 1 amide bonds.